The molecule has 2 aliphatic rings. The summed E-state index contributed by atoms with van der Waals surface area (Å²) >= 11 is 0. The third kappa shape index (κ3) is 3.68. The van der Waals surface area contributed by atoms with Crippen molar-refractivity contribution < 1.29 is 9.47 Å². The van der Waals surface area contributed by atoms with Gasteiger partial charge in [0.25, 0.3) is 0 Å². The molecule has 1 atom stereocenters. The first-order valence-electron chi connectivity index (χ1n) is 9.40. The van der Waals surface area contributed by atoms with E-state index in [0.29, 0.717) is 6.61 Å². The van der Waals surface area contributed by atoms with Gasteiger partial charge < -0.3 is 9.47 Å². The summed E-state index contributed by atoms with van der Waals surface area (Å²) in [7, 11) is 2.01. The van der Waals surface area contributed by atoms with Gasteiger partial charge in [0.15, 0.2) is 0 Å². The maximum atomic E-state index is 6.20. The first kappa shape index (κ1) is 17.6. The van der Waals surface area contributed by atoms with Gasteiger partial charge in [-0.05, 0) is 43.5 Å². The van der Waals surface area contributed by atoms with Gasteiger partial charge in [0.1, 0.15) is 0 Å². The standard InChI is InChI=1S/C20H28N4O2/c1-15-4-6-21-10-17(15)12-25-19-5-7-26-20(9-19)13-24(14-20)11-18-8-16(2)22-23(18)3/h4,6,8,10,19H,5,7,9,11-14H2,1-3H3. The molecule has 2 aromatic rings. The highest BCUT2D eigenvalue weighted by molar-refractivity contribution is 5.20. The second-order valence-electron chi connectivity index (χ2n) is 7.81. The van der Waals surface area contributed by atoms with E-state index in [0.717, 1.165) is 44.8 Å². The number of aromatic nitrogens is 3. The van der Waals surface area contributed by atoms with Gasteiger partial charge in [-0.25, -0.2) is 0 Å². The van der Waals surface area contributed by atoms with Gasteiger partial charge in [-0.1, -0.05) is 0 Å². The second kappa shape index (κ2) is 7.10. The van der Waals surface area contributed by atoms with E-state index in [4.69, 9.17) is 9.47 Å². The number of hydrogen-bond donors (Lipinski definition) is 0. The predicted molar refractivity (Wildman–Crippen MR) is 98.7 cm³/mol. The Labute approximate surface area is 155 Å². The zero-order valence-electron chi connectivity index (χ0n) is 15.9. The van der Waals surface area contributed by atoms with E-state index in [1.54, 1.807) is 0 Å². The summed E-state index contributed by atoms with van der Waals surface area (Å²) < 4.78 is 14.3. The summed E-state index contributed by atoms with van der Waals surface area (Å²) in [6.45, 7) is 8.45. The van der Waals surface area contributed by atoms with Crippen LogP contribution in [0.2, 0.25) is 0 Å². The van der Waals surface area contributed by atoms with E-state index in [-0.39, 0.29) is 11.7 Å². The molecule has 0 amide bonds. The van der Waals surface area contributed by atoms with Crippen LogP contribution in [-0.2, 0) is 29.7 Å². The average molecular weight is 356 g/mol. The summed E-state index contributed by atoms with van der Waals surface area (Å²) in [6.07, 6.45) is 5.96. The van der Waals surface area contributed by atoms with Crippen LogP contribution in [0.4, 0.5) is 0 Å². The lowest BCUT2D eigenvalue weighted by Crippen LogP contribution is -2.65. The van der Waals surface area contributed by atoms with Gasteiger partial charge in [-0.15, -0.1) is 0 Å². The highest BCUT2D eigenvalue weighted by Crippen LogP contribution is 2.36. The Morgan fingerprint density at radius 3 is 2.92 bits per heavy atom. The summed E-state index contributed by atoms with van der Waals surface area (Å²) in [5.74, 6) is 0. The van der Waals surface area contributed by atoms with Crippen LogP contribution in [0.3, 0.4) is 0 Å². The Morgan fingerprint density at radius 2 is 2.19 bits per heavy atom. The fourth-order valence-electron chi connectivity index (χ4n) is 4.12. The molecule has 4 rings (SSSR count). The van der Waals surface area contributed by atoms with Crippen LogP contribution in [0, 0.1) is 13.8 Å². The summed E-state index contributed by atoms with van der Waals surface area (Å²) in [6, 6.07) is 4.20. The zero-order valence-corrected chi connectivity index (χ0v) is 15.9. The predicted octanol–water partition coefficient (Wildman–Crippen LogP) is 2.38. The zero-order chi connectivity index (χ0) is 18.1. The Kier molecular flexibility index (Phi) is 4.82. The SMILES string of the molecule is Cc1cc(CN2CC3(CC(OCc4cnccc4C)CCO3)C2)n(C)n1. The maximum Gasteiger partial charge on any atom is 0.0959 e. The highest BCUT2D eigenvalue weighted by atomic mass is 16.5. The smallest absolute Gasteiger partial charge is 0.0959 e. The van der Waals surface area contributed by atoms with Gasteiger partial charge >= 0.3 is 0 Å². The molecule has 0 aliphatic carbocycles. The third-order valence-electron chi connectivity index (χ3n) is 5.58. The molecule has 0 bridgehead atoms. The van der Waals surface area contributed by atoms with Crippen molar-refractivity contribution in [3.05, 3.63) is 47.0 Å². The number of ether oxygens (including phenoxy) is 2. The van der Waals surface area contributed by atoms with E-state index < -0.39 is 0 Å². The summed E-state index contributed by atoms with van der Waals surface area (Å²) in [5.41, 5.74) is 4.72. The molecule has 2 aliphatic heterocycles. The molecular formula is C20H28N4O2. The van der Waals surface area contributed by atoms with Gasteiger partial charge in [0.2, 0.25) is 0 Å². The highest BCUT2D eigenvalue weighted by Gasteiger charge is 2.47. The normalized spacial score (nSPS) is 22.5. The molecule has 0 radical (unpaired) electrons. The number of pyridine rings is 1. The van der Waals surface area contributed by atoms with Crippen molar-refractivity contribution in [3.8, 4) is 0 Å². The Balaban J connectivity index is 1.29. The topological polar surface area (TPSA) is 52.4 Å². The molecule has 2 saturated heterocycles. The van der Waals surface area contributed by atoms with Crippen LogP contribution >= 0.6 is 0 Å². The minimum atomic E-state index is -0.0272. The molecule has 140 valence electrons. The van der Waals surface area contributed by atoms with Gasteiger partial charge in [-0.2, -0.15) is 5.10 Å². The number of nitrogens with zero attached hydrogens (tertiary/aromatic N) is 4. The lowest BCUT2D eigenvalue weighted by molar-refractivity contribution is -0.200. The fraction of sp³-hybridized carbons (Fsp3) is 0.600. The van der Waals surface area contributed by atoms with Crippen LogP contribution in [0.5, 0.6) is 0 Å². The van der Waals surface area contributed by atoms with Crippen molar-refractivity contribution in [1.82, 2.24) is 19.7 Å². The largest absolute Gasteiger partial charge is 0.373 e. The van der Waals surface area contributed by atoms with Crippen molar-refractivity contribution in [2.45, 2.75) is 51.5 Å². The quantitative estimate of drug-likeness (QED) is 0.823. The first-order valence-corrected chi connectivity index (χ1v) is 9.40. The van der Waals surface area contributed by atoms with Gasteiger partial charge in [0, 0.05) is 52.1 Å². The number of rotatable bonds is 5. The van der Waals surface area contributed by atoms with Gasteiger partial charge in [0.05, 0.1) is 29.7 Å². The number of aryl methyl sites for hydroxylation is 3. The fourth-order valence-corrected chi connectivity index (χ4v) is 4.12. The molecule has 2 aromatic heterocycles. The molecule has 1 spiro atoms. The Morgan fingerprint density at radius 1 is 1.35 bits per heavy atom. The van der Waals surface area contributed by atoms with E-state index in [1.165, 1.54) is 16.8 Å². The van der Waals surface area contributed by atoms with Crippen molar-refractivity contribution in [3.63, 3.8) is 0 Å². The van der Waals surface area contributed by atoms with Crippen LogP contribution in [0.15, 0.2) is 24.5 Å². The molecule has 2 fully saturated rings. The van der Waals surface area contributed by atoms with Crippen LogP contribution in [-0.4, -0.2) is 51.1 Å². The lowest BCUT2D eigenvalue weighted by atomic mass is 9.84. The van der Waals surface area contributed by atoms with Crippen molar-refractivity contribution >= 4 is 0 Å². The number of likely N-dealkylation sites (tertiary alicyclic amines) is 1. The number of hydrogen-bond acceptors (Lipinski definition) is 5. The monoisotopic (exact) mass is 356 g/mol. The molecule has 6 heteroatoms. The molecule has 26 heavy (non-hydrogen) atoms. The van der Waals surface area contributed by atoms with Crippen molar-refractivity contribution in [2.75, 3.05) is 19.7 Å². The minimum absolute atomic E-state index is 0.0272. The summed E-state index contributed by atoms with van der Waals surface area (Å²) in [5, 5.41) is 4.43. The molecule has 0 N–H and O–H groups in total. The van der Waals surface area contributed by atoms with Crippen LogP contribution in [0.1, 0.15) is 35.4 Å². The Bertz CT molecular complexity index is 767. The van der Waals surface area contributed by atoms with E-state index in [9.17, 15) is 0 Å². The van der Waals surface area contributed by atoms with E-state index >= 15 is 0 Å². The summed E-state index contributed by atoms with van der Waals surface area (Å²) in [4.78, 5) is 6.64. The second-order valence-corrected chi connectivity index (χ2v) is 7.81. The molecule has 0 saturated carbocycles. The molecule has 0 aromatic carbocycles. The lowest BCUT2D eigenvalue weighted by Gasteiger charge is -2.53. The molecule has 1 unspecified atom stereocenters. The molecule has 6 nitrogen and oxygen atoms in total. The third-order valence-corrected chi connectivity index (χ3v) is 5.58. The van der Waals surface area contributed by atoms with Crippen molar-refractivity contribution in [2.24, 2.45) is 7.05 Å². The van der Waals surface area contributed by atoms with E-state index in [1.807, 2.05) is 37.1 Å². The Hall–Kier alpha value is -1.76. The van der Waals surface area contributed by atoms with Crippen LogP contribution < -0.4 is 0 Å². The molecule has 4 heterocycles. The first-order chi connectivity index (χ1) is 12.5. The molecular weight excluding hydrogens is 328 g/mol. The van der Waals surface area contributed by atoms with Gasteiger partial charge in [-0.3, -0.25) is 14.6 Å². The van der Waals surface area contributed by atoms with Crippen LogP contribution in [0.25, 0.3) is 0 Å². The van der Waals surface area contributed by atoms with Crippen molar-refractivity contribution in [1.29, 1.82) is 0 Å². The average Bonchev–Trinajstić information content (AvgIpc) is 2.90. The minimum Gasteiger partial charge on any atom is -0.373 e. The maximum absolute atomic E-state index is 6.20. The van der Waals surface area contributed by atoms with E-state index in [2.05, 4.69) is 28.0 Å².